The Bertz CT molecular complexity index is 3070. The Morgan fingerprint density at radius 3 is 1.78 bits per heavy atom. The molecule has 7 aromatic carbocycles. The second kappa shape index (κ2) is 12.8. The molecule has 0 N–H and O–H groups in total. The van der Waals surface area contributed by atoms with Crippen LogP contribution >= 0.6 is 0 Å². The first kappa shape index (κ1) is 37.0. The van der Waals surface area contributed by atoms with E-state index in [1.807, 2.05) is 0 Å². The van der Waals surface area contributed by atoms with Crippen molar-refractivity contribution in [1.82, 2.24) is 0 Å². The van der Waals surface area contributed by atoms with Gasteiger partial charge in [0, 0.05) is 44.9 Å². The highest BCUT2D eigenvalue weighted by Gasteiger charge is 2.47. The van der Waals surface area contributed by atoms with Crippen LogP contribution < -0.4 is 26.2 Å². The molecule has 60 heavy (non-hydrogen) atoms. The van der Waals surface area contributed by atoms with Gasteiger partial charge >= 0.3 is 0 Å². The molecule has 1 aliphatic carbocycles. The van der Waals surface area contributed by atoms with Crippen LogP contribution in [0.2, 0.25) is 0 Å². The molecule has 0 atom stereocenters. The minimum absolute atomic E-state index is 0.0285. The van der Waals surface area contributed by atoms with E-state index >= 15 is 0 Å². The number of anilines is 6. The molecule has 0 amide bonds. The molecule has 3 aliphatic rings. The molecule has 0 saturated carbocycles. The summed E-state index contributed by atoms with van der Waals surface area (Å²) >= 11 is 0. The van der Waals surface area contributed by atoms with Gasteiger partial charge in [-0.05, 0) is 147 Å². The van der Waals surface area contributed by atoms with Gasteiger partial charge in [-0.1, -0.05) is 133 Å². The summed E-state index contributed by atoms with van der Waals surface area (Å²) < 4.78 is 6.74. The van der Waals surface area contributed by atoms with Crippen LogP contribution in [0.5, 0.6) is 0 Å². The number of furan rings is 1. The standard InChI is InChI=1S/C56H53BN2O/c1-34-17-13-15-21-45(34)58-47-30-40-39-20-14-16-22-51(39)60-52(40)33-44(47)57-43-31-41-42(56(8,9)26-25-55(41,6)7)32-48(43)59(46-24-23-38(27-35(46)2)54(3,4)5)50-29-37(28-49(58)53(50)57)36-18-11-10-12-19-36/h10-24,27-33H,25-26H2,1-9H3. The van der Waals surface area contributed by atoms with E-state index in [9.17, 15) is 0 Å². The fraction of sp³-hybridized carbons (Fsp3) is 0.250. The topological polar surface area (TPSA) is 19.6 Å². The zero-order valence-electron chi connectivity index (χ0n) is 36.5. The Kier molecular flexibility index (Phi) is 7.87. The number of rotatable bonds is 3. The smallest absolute Gasteiger partial charge is 0.252 e. The molecule has 0 fully saturated rings. The first-order valence-corrected chi connectivity index (χ1v) is 21.8. The van der Waals surface area contributed by atoms with Crippen LogP contribution in [-0.2, 0) is 16.2 Å². The molecule has 2 aliphatic heterocycles. The van der Waals surface area contributed by atoms with Crippen LogP contribution in [0, 0.1) is 13.8 Å². The Morgan fingerprint density at radius 2 is 1.10 bits per heavy atom. The highest BCUT2D eigenvalue weighted by atomic mass is 16.3. The summed E-state index contributed by atoms with van der Waals surface area (Å²) in [5.74, 6) is 0. The molecular weight excluding hydrogens is 727 g/mol. The molecule has 8 aromatic rings. The van der Waals surface area contributed by atoms with Gasteiger partial charge in [0.25, 0.3) is 6.71 Å². The minimum Gasteiger partial charge on any atom is -0.456 e. The summed E-state index contributed by atoms with van der Waals surface area (Å²) in [4.78, 5) is 5.20. The minimum atomic E-state index is -0.0285. The number of nitrogens with zero attached hydrogens (tertiary/aromatic N) is 2. The normalized spacial score (nSPS) is 16.1. The second-order valence-corrected chi connectivity index (χ2v) is 20.2. The lowest BCUT2D eigenvalue weighted by Gasteiger charge is -2.48. The lowest BCUT2D eigenvalue weighted by molar-refractivity contribution is 0.332. The average molecular weight is 781 g/mol. The average Bonchev–Trinajstić information content (AvgIpc) is 3.59. The highest BCUT2D eigenvalue weighted by molar-refractivity contribution is 7.00. The number of benzene rings is 7. The van der Waals surface area contributed by atoms with Crippen molar-refractivity contribution < 1.29 is 4.42 Å². The Balaban J connectivity index is 1.32. The van der Waals surface area contributed by atoms with E-state index in [1.165, 1.54) is 89.5 Å². The molecule has 296 valence electrons. The predicted octanol–water partition coefficient (Wildman–Crippen LogP) is 13.6. The van der Waals surface area contributed by atoms with E-state index in [2.05, 4.69) is 206 Å². The largest absolute Gasteiger partial charge is 0.456 e. The zero-order chi connectivity index (χ0) is 41.5. The quantitative estimate of drug-likeness (QED) is 0.167. The Labute approximate surface area is 355 Å². The fourth-order valence-corrected chi connectivity index (χ4v) is 10.8. The maximum absolute atomic E-state index is 6.74. The van der Waals surface area contributed by atoms with E-state index in [0.717, 1.165) is 34.8 Å². The number of para-hydroxylation sites is 2. The lowest BCUT2D eigenvalue weighted by atomic mass is 9.33. The first-order valence-electron chi connectivity index (χ1n) is 21.8. The van der Waals surface area contributed by atoms with Gasteiger partial charge in [-0.25, -0.2) is 0 Å². The summed E-state index contributed by atoms with van der Waals surface area (Å²) in [7, 11) is 0. The van der Waals surface area contributed by atoms with Gasteiger partial charge in [-0.3, -0.25) is 0 Å². The second-order valence-electron chi connectivity index (χ2n) is 20.2. The van der Waals surface area contributed by atoms with Crippen LogP contribution in [0.3, 0.4) is 0 Å². The lowest BCUT2D eigenvalue weighted by Crippen LogP contribution is -2.62. The Hall–Kier alpha value is -6.00. The third kappa shape index (κ3) is 5.42. The SMILES string of the molecule is Cc1cc(C(C)(C)C)ccc1N1c2cc3c(cc2B2c4cc5oc6ccccc6c5cc4N(c4ccccc4C)c4cc(-c5ccccc5)cc1c42)C(C)(C)CCC3(C)C. The molecule has 4 heteroatoms. The van der Waals surface area contributed by atoms with Crippen molar-refractivity contribution in [2.24, 2.45) is 0 Å². The molecule has 0 radical (unpaired) electrons. The molecule has 3 heterocycles. The maximum atomic E-state index is 6.74. The molecule has 0 unspecified atom stereocenters. The number of fused-ring (bicyclic) bond motifs is 8. The Morgan fingerprint density at radius 1 is 0.500 bits per heavy atom. The van der Waals surface area contributed by atoms with Gasteiger partial charge < -0.3 is 14.2 Å². The number of hydrogen-bond donors (Lipinski definition) is 0. The van der Waals surface area contributed by atoms with Gasteiger partial charge in [0.1, 0.15) is 11.2 Å². The third-order valence-corrected chi connectivity index (χ3v) is 14.3. The molecule has 11 rings (SSSR count). The molecule has 0 saturated heterocycles. The van der Waals surface area contributed by atoms with Crippen molar-refractivity contribution in [2.45, 2.75) is 91.4 Å². The fourth-order valence-electron chi connectivity index (χ4n) is 10.8. The first-order chi connectivity index (χ1) is 28.7. The van der Waals surface area contributed by atoms with E-state index in [1.54, 1.807) is 0 Å². The summed E-state index contributed by atoms with van der Waals surface area (Å²) in [6, 6.07) is 50.5. The van der Waals surface area contributed by atoms with Gasteiger partial charge in [-0.2, -0.15) is 0 Å². The zero-order valence-corrected chi connectivity index (χ0v) is 36.5. The van der Waals surface area contributed by atoms with Gasteiger partial charge in [0.05, 0.1) is 0 Å². The predicted molar refractivity (Wildman–Crippen MR) is 257 cm³/mol. The van der Waals surface area contributed by atoms with Crippen molar-refractivity contribution in [2.75, 3.05) is 9.80 Å². The van der Waals surface area contributed by atoms with Crippen LogP contribution in [0.1, 0.15) is 89.1 Å². The maximum Gasteiger partial charge on any atom is 0.252 e. The van der Waals surface area contributed by atoms with E-state index in [-0.39, 0.29) is 23.0 Å². The summed E-state index contributed by atoms with van der Waals surface area (Å²) in [5, 5.41) is 2.29. The van der Waals surface area contributed by atoms with E-state index in [0.29, 0.717) is 0 Å². The molecule has 0 spiro atoms. The van der Waals surface area contributed by atoms with Crippen molar-refractivity contribution in [1.29, 1.82) is 0 Å². The van der Waals surface area contributed by atoms with Crippen molar-refractivity contribution in [3.8, 4) is 11.1 Å². The molecule has 0 bridgehead atoms. The monoisotopic (exact) mass is 780 g/mol. The van der Waals surface area contributed by atoms with Gasteiger partial charge in [0.2, 0.25) is 0 Å². The molecule has 1 aromatic heterocycles. The van der Waals surface area contributed by atoms with E-state index < -0.39 is 0 Å². The van der Waals surface area contributed by atoms with Gasteiger partial charge in [-0.15, -0.1) is 0 Å². The van der Waals surface area contributed by atoms with Crippen molar-refractivity contribution in [3.05, 3.63) is 161 Å². The van der Waals surface area contributed by atoms with Crippen LogP contribution in [-0.4, -0.2) is 6.71 Å². The van der Waals surface area contributed by atoms with Crippen molar-refractivity contribution in [3.63, 3.8) is 0 Å². The number of hydrogen-bond acceptors (Lipinski definition) is 3. The molecular formula is C56H53BN2O. The third-order valence-electron chi connectivity index (χ3n) is 14.3. The van der Waals surface area contributed by atoms with Crippen LogP contribution in [0.25, 0.3) is 33.1 Å². The van der Waals surface area contributed by atoms with E-state index in [4.69, 9.17) is 4.42 Å². The van der Waals surface area contributed by atoms with Crippen LogP contribution in [0.15, 0.2) is 138 Å². The van der Waals surface area contributed by atoms with Crippen LogP contribution in [0.4, 0.5) is 34.1 Å². The summed E-state index contributed by atoms with van der Waals surface area (Å²) in [5.41, 5.74) is 22.5. The number of aryl methyl sites for hydroxylation is 2. The summed E-state index contributed by atoms with van der Waals surface area (Å²) in [6.45, 7) is 21.3. The van der Waals surface area contributed by atoms with Crippen molar-refractivity contribution >= 4 is 79.2 Å². The summed E-state index contributed by atoms with van der Waals surface area (Å²) in [6.07, 6.45) is 2.32. The highest BCUT2D eigenvalue weighted by Crippen LogP contribution is 2.52. The molecule has 3 nitrogen and oxygen atoms in total. The van der Waals surface area contributed by atoms with Gasteiger partial charge in [0.15, 0.2) is 0 Å².